The van der Waals surface area contributed by atoms with Gasteiger partial charge in [0.25, 0.3) is 0 Å². The van der Waals surface area contributed by atoms with Gasteiger partial charge < -0.3 is 0 Å². The Morgan fingerprint density at radius 3 is 1.70 bits per heavy atom. The average Bonchev–Trinajstić information content (AvgIpc) is 2.59. The Balaban J connectivity index is 2.48. The van der Waals surface area contributed by atoms with Crippen LogP contribution in [0.4, 0.5) is 0 Å². The highest BCUT2D eigenvalue weighted by atomic mass is 32.1. The molecule has 0 aliphatic carbocycles. The lowest BCUT2D eigenvalue weighted by atomic mass is 10.3. The second-order valence-electron chi connectivity index (χ2n) is 1.77. The van der Waals surface area contributed by atoms with E-state index in [-0.39, 0.29) is 0 Å². The maximum Gasteiger partial charge on any atom is 0.104 e. The summed E-state index contributed by atoms with van der Waals surface area (Å²) in [6.07, 6.45) is 0. The van der Waals surface area contributed by atoms with Crippen molar-refractivity contribution in [3.8, 4) is 11.4 Å². The van der Waals surface area contributed by atoms with E-state index in [1.54, 1.807) is 0 Å². The first kappa shape index (κ1) is 6.00. The van der Waals surface area contributed by atoms with Crippen LogP contribution in [0, 0.1) is 0 Å². The highest BCUT2D eigenvalue weighted by molar-refractivity contribution is 7.04. The molecule has 0 spiro atoms. The smallest absolute Gasteiger partial charge is 0.104 e. The van der Waals surface area contributed by atoms with Gasteiger partial charge in [0.05, 0.1) is 0 Å². The monoisotopic (exact) mass is 168 g/mol. The van der Waals surface area contributed by atoms with E-state index in [4.69, 9.17) is 0 Å². The zero-order chi connectivity index (χ0) is 6.81. The molecule has 2 aromatic heterocycles. The molecule has 0 amide bonds. The van der Waals surface area contributed by atoms with E-state index >= 15 is 0 Å². The number of rotatable bonds is 1. The summed E-state index contributed by atoms with van der Waals surface area (Å²) < 4.78 is 8.29. The van der Waals surface area contributed by atoms with Gasteiger partial charge in [-0.1, -0.05) is 0 Å². The van der Waals surface area contributed by atoms with E-state index in [0.717, 1.165) is 11.4 Å². The van der Waals surface area contributed by atoms with E-state index in [1.165, 1.54) is 23.1 Å². The molecule has 0 atom stereocenters. The van der Waals surface area contributed by atoms with Crippen molar-refractivity contribution >= 4 is 23.1 Å². The summed E-state index contributed by atoms with van der Waals surface area (Å²) in [5, 5.41) is 3.91. The van der Waals surface area contributed by atoms with Crippen molar-refractivity contribution < 1.29 is 0 Å². The van der Waals surface area contributed by atoms with E-state index in [0.29, 0.717) is 0 Å². The minimum Gasteiger partial charge on any atom is -0.191 e. The summed E-state index contributed by atoms with van der Waals surface area (Å²) in [6, 6.07) is 3.94. The average molecular weight is 168 g/mol. The topological polar surface area (TPSA) is 25.8 Å². The van der Waals surface area contributed by atoms with Crippen LogP contribution < -0.4 is 0 Å². The largest absolute Gasteiger partial charge is 0.191 e. The van der Waals surface area contributed by atoms with Gasteiger partial charge in [-0.25, -0.2) is 0 Å². The van der Waals surface area contributed by atoms with E-state index < -0.39 is 0 Å². The van der Waals surface area contributed by atoms with Crippen LogP contribution in [0.1, 0.15) is 0 Å². The zero-order valence-corrected chi connectivity index (χ0v) is 6.65. The van der Waals surface area contributed by atoms with Gasteiger partial charge in [0.15, 0.2) is 0 Å². The van der Waals surface area contributed by atoms with Gasteiger partial charge in [-0.15, -0.1) is 0 Å². The molecule has 0 aliphatic heterocycles. The van der Waals surface area contributed by atoms with Crippen LogP contribution in [0.5, 0.6) is 0 Å². The third-order valence-electron chi connectivity index (χ3n) is 1.14. The van der Waals surface area contributed by atoms with Gasteiger partial charge >= 0.3 is 0 Å². The Hall–Kier alpha value is -0.740. The van der Waals surface area contributed by atoms with Crippen molar-refractivity contribution in [2.45, 2.75) is 0 Å². The van der Waals surface area contributed by atoms with Crippen molar-refractivity contribution in [3.63, 3.8) is 0 Å². The fourth-order valence-corrected chi connectivity index (χ4v) is 1.73. The first-order valence-electron chi connectivity index (χ1n) is 2.78. The third kappa shape index (κ3) is 0.955. The molecule has 4 heteroatoms. The molecule has 0 saturated heterocycles. The van der Waals surface area contributed by atoms with Crippen LogP contribution in [-0.2, 0) is 0 Å². The number of hydrogen-bond acceptors (Lipinski definition) is 4. The van der Waals surface area contributed by atoms with E-state index in [2.05, 4.69) is 8.75 Å². The molecule has 2 heterocycles. The van der Waals surface area contributed by atoms with Crippen LogP contribution in [-0.4, -0.2) is 8.75 Å². The number of aromatic nitrogens is 2. The lowest BCUT2D eigenvalue weighted by Gasteiger charge is -1.82. The molecular weight excluding hydrogens is 164 g/mol. The predicted octanol–water partition coefficient (Wildman–Crippen LogP) is 2.27. The van der Waals surface area contributed by atoms with Crippen molar-refractivity contribution in [3.05, 3.63) is 22.9 Å². The first-order chi connectivity index (χ1) is 4.97. The van der Waals surface area contributed by atoms with Crippen LogP contribution >= 0.6 is 23.1 Å². The van der Waals surface area contributed by atoms with Crippen LogP contribution in [0.15, 0.2) is 22.9 Å². The molecule has 0 saturated carbocycles. The summed E-state index contributed by atoms with van der Waals surface area (Å²) in [4.78, 5) is 0. The minimum atomic E-state index is 0.978. The summed E-state index contributed by atoms with van der Waals surface area (Å²) >= 11 is 2.90. The van der Waals surface area contributed by atoms with E-state index in [1.807, 2.05) is 22.9 Å². The lowest BCUT2D eigenvalue weighted by Crippen LogP contribution is -1.71. The Kier molecular flexibility index (Phi) is 1.49. The van der Waals surface area contributed by atoms with Crippen molar-refractivity contribution in [1.29, 1.82) is 0 Å². The third-order valence-corrected chi connectivity index (χ3v) is 2.26. The fourth-order valence-electron chi connectivity index (χ4n) is 0.689. The van der Waals surface area contributed by atoms with Crippen molar-refractivity contribution in [2.24, 2.45) is 0 Å². The molecule has 2 aromatic rings. The van der Waals surface area contributed by atoms with Gasteiger partial charge in [0.2, 0.25) is 0 Å². The molecule has 0 radical (unpaired) electrons. The lowest BCUT2D eigenvalue weighted by molar-refractivity contribution is 1.45. The Bertz CT molecular complexity index is 253. The maximum atomic E-state index is 4.14. The van der Waals surface area contributed by atoms with Gasteiger partial charge in [-0.2, -0.15) is 8.75 Å². The predicted molar refractivity (Wildman–Crippen MR) is 43.2 cm³/mol. The molecule has 50 valence electrons. The Morgan fingerprint density at radius 1 is 0.900 bits per heavy atom. The molecule has 2 nitrogen and oxygen atoms in total. The normalized spacial score (nSPS) is 10.0. The summed E-state index contributed by atoms with van der Waals surface area (Å²) in [5.74, 6) is 0. The quantitative estimate of drug-likeness (QED) is 0.652. The second-order valence-corrected chi connectivity index (χ2v) is 3.10. The maximum absolute atomic E-state index is 4.14. The van der Waals surface area contributed by atoms with Gasteiger partial charge in [0, 0.05) is 10.8 Å². The molecule has 0 bridgehead atoms. The van der Waals surface area contributed by atoms with Crippen molar-refractivity contribution in [2.75, 3.05) is 0 Å². The van der Waals surface area contributed by atoms with Gasteiger partial charge in [0.1, 0.15) is 11.4 Å². The van der Waals surface area contributed by atoms with Crippen LogP contribution in [0.3, 0.4) is 0 Å². The molecule has 0 unspecified atom stereocenters. The number of hydrogen-bond donors (Lipinski definition) is 0. The molecule has 10 heavy (non-hydrogen) atoms. The fraction of sp³-hybridized carbons (Fsp3) is 0. The van der Waals surface area contributed by atoms with Crippen molar-refractivity contribution in [1.82, 2.24) is 8.75 Å². The van der Waals surface area contributed by atoms with Gasteiger partial charge in [-0.05, 0) is 35.2 Å². The first-order valence-corrected chi connectivity index (χ1v) is 4.45. The van der Waals surface area contributed by atoms with Crippen LogP contribution in [0.25, 0.3) is 11.4 Å². The summed E-state index contributed by atoms with van der Waals surface area (Å²) in [5.41, 5.74) is 1.96. The highest BCUT2D eigenvalue weighted by Gasteiger charge is 1.99. The molecular formula is C6H4N2S2. The summed E-state index contributed by atoms with van der Waals surface area (Å²) in [7, 11) is 0. The molecule has 0 aromatic carbocycles. The Morgan fingerprint density at radius 2 is 1.40 bits per heavy atom. The number of nitrogens with zero attached hydrogens (tertiary/aromatic N) is 2. The minimum absolute atomic E-state index is 0.978. The zero-order valence-electron chi connectivity index (χ0n) is 5.02. The van der Waals surface area contributed by atoms with Crippen LogP contribution in [0.2, 0.25) is 0 Å². The second kappa shape index (κ2) is 2.48. The molecule has 0 aliphatic rings. The van der Waals surface area contributed by atoms with Gasteiger partial charge in [-0.3, -0.25) is 0 Å². The molecule has 2 rings (SSSR count). The standard InChI is InChI=1S/C6H4N2S2/c1-3-9-7-5(1)6-2-4-10-8-6/h1-4H. The Labute approximate surface area is 66.5 Å². The SMILES string of the molecule is c1cc(-c2ccsn2)ns1. The summed E-state index contributed by atoms with van der Waals surface area (Å²) in [6.45, 7) is 0. The molecule has 0 N–H and O–H groups in total. The molecule has 0 fully saturated rings. The highest BCUT2D eigenvalue weighted by Crippen LogP contribution is 2.16. The van der Waals surface area contributed by atoms with E-state index in [9.17, 15) is 0 Å².